The van der Waals surface area contributed by atoms with Crippen molar-refractivity contribution < 1.29 is 45.3 Å². The molecule has 0 amide bonds. The summed E-state index contributed by atoms with van der Waals surface area (Å²) < 4.78 is 16.4. The summed E-state index contributed by atoms with van der Waals surface area (Å²) in [4.78, 5) is 37.2. The number of phenols is 3. The first-order valence-electron chi connectivity index (χ1n) is 32.1. The Bertz CT molecular complexity index is 2210. The van der Waals surface area contributed by atoms with E-state index in [9.17, 15) is 29.7 Å². The molecule has 83 heavy (non-hydrogen) atoms. The van der Waals surface area contributed by atoms with Gasteiger partial charge in [0.15, 0.2) is 0 Å². The van der Waals surface area contributed by atoms with Gasteiger partial charge < -0.3 is 29.5 Å². The molecule has 0 bridgehead atoms. The summed E-state index contributed by atoms with van der Waals surface area (Å²) in [6.07, 6.45) is 24.2. The van der Waals surface area contributed by atoms with E-state index in [0.29, 0.717) is 74.3 Å². The molecular weight excluding hydrogens is 1050 g/mol. The van der Waals surface area contributed by atoms with Gasteiger partial charge >= 0.3 is 17.9 Å². The third-order valence-corrected chi connectivity index (χ3v) is 16.4. The lowest BCUT2D eigenvalue weighted by Gasteiger charge is -2.28. The van der Waals surface area contributed by atoms with Crippen LogP contribution in [0.4, 0.5) is 0 Å². The fourth-order valence-electron chi connectivity index (χ4n) is 10.3. The molecule has 474 valence electrons. The Labute approximate surface area is 512 Å². The molecule has 3 aromatic rings. The maximum atomic E-state index is 12.4. The highest BCUT2D eigenvalue weighted by Crippen LogP contribution is 2.43. The van der Waals surface area contributed by atoms with Crippen molar-refractivity contribution in [2.75, 3.05) is 31.3 Å². The van der Waals surface area contributed by atoms with E-state index in [4.69, 9.17) is 14.2 Å². The normalized spacial score (nSPS) is 12.5. The van der Waals surface area contributed by atoms with Gasteiger partial charge in [-0.25, -0.2) is 0 Å². The second-order valence-corrected chi connectivity index (χ2v) is 30.9. The van der Waals surface area contributed by atoms with Gasteiger partial charge in [-0.05, 0) is 108 Å². The summed E-state index contributed by atoms with van der Waals surface area (Å²) in [6, 6.07) is 12.1. The summed E-state index contributed by atoms with van der Waals surface area (Å²) in [6.45, 7) is 41.0. The van der Waals surface area contributed by atoms with Crippen LogP contribution in [0.25, 0.3) is 0 Å². The minimum absolute atomic E-state index is 0. The first-order valence-corrected chi connectivity index (χ1v) is 33.3. The van der Waals surface area contributed by atoms with Crippen molar-refractivity contribution >= 4 is 29.7 Å². The minimum Gasteiger partial charge on any atom is -0.507 e. The first kappa shape index (κ1) is 74.9. The number of esters is 3. The topological polar surface area (TPSA) is 140 Å². The lowest BCUT2D eigenvalue weighted by Crippen LogP contribution is -2.18. The Morgan fingerprint density at radius 3 is 0.771 bits per heavy atom. The zero-order valence-corrected chi connectivity index (χ0v) is 57.1. The highest BCUT2D eigenvalue weighted by atomic mass is 32.2. The fourth-order valence-corrected chi connectivity index (χ4v) is 10.9. The van der Waals surface area contributed by atoms with Gasteiger partial charge in [-0.3, -0.25) is 14.4 Å². The summed E-state index contributed by atoms with van der Waals surface area (Å²) in [5, 5.41) is 32.7. The lowest BCUT2D eigenvalue weighted by molar-refractivity contribution is -0.144. The Morgan fingerprint density at radius 1 is 0.349 bits per heavy atom. The van der Waals surface area contributed by atoms with Gasteiger partial charge in [0.1, 0.15) is 30.5 Å². The van der Waals surface area contributed by atoms with Crippen LogP contribution in [0.3, 0.4) is 0 Å². The number of ether oxygens (including phenoxy) is 3. The third-order valence-electron chi connectivity index (χ3n) is 15.5. The van der Waals surface area contributed by atoms with E-state index in [0.717, 1.165) is 62.9 Å². The molecule has 0 radical (unpaired) electrons. The van der Waals surface area contributed by atoms with Gasteiger partial charge in [-0.2, -0.15) is 11.8 Å². The molecule has 0 saturated heterocycles. The second kappa shape index (κ2) is 35.4. The van der Waals surface area contributed by atoms with Gasteiger partial charge in [0.05, 0.1) is 6.61 Å². The number of carbonyl (C=O) groups excluding carboxylic acids is 3. The zero-order chi connectivity index (χ0) is 62.8. The Balaban J connectivity index is 0.000000842. The van der Waals surface area contributed by atoms with Crippen molar-refractivity contribution in [3.63, 3.8) is 0 Å². The molecule has 10 heteroatoms. The molecule has 0 fully saturated rings. The summed E-state index contributed by atoms with van der Waals surface area (Å²) >= 11 is 1.58. The van der Waals surface area contributed by atoms with Crippen LogP contribution in [0.1, 0.15) is 305 Å². The predicted octanol–water partition coefficient (Wildman–Crippen LogP) is 19.6. The van der Waals surface area contributed by atoms with E-state index in [1.54, 1.807) is 11.8 Å². The molecule has 0 spiro atoms. The zero-order valence-electron chi connectivity index (χ0n) is 56.3. The SMILES string of the molecule is CC(C)(C)c1cc(CCC(=O)OCCSCCOC(=O)CCc2cc(C(C)(C)C)c(O)c(C(C)(C)C)c2)cc(C(C)(C)C)c1O.CCCCCCCCCCCCCCCCCCOC(=O)CCc1cc(C(C)(C)C)c(O)c(C(C)(C)C)c1.[HH]. The second-order valence-electron chi connectivity index (χ2n) is 29.7. The first-order chi connectivity index (χ1) is 38.5. The van der Waals surface area contributed by atoms with E-state index < -0.39 is 0 Å². The molecule has 9 nitrogen and oxygen atoms in total. The number of aryl methyl sites for hydroxylation is 3. The van der Waals surface area contributed by atoms with Gasteiger partial charge in [0.2, 0.25) is 0 Å². The number of hydrogen-bond acceptors (Lipinski definition) is 10. The number of benzene rings is 3. The van der Waals surface area contributed by atoms with Crippen LogP contribution in [0.5, 0.6) is 17.2 Å². The van der Waals surface area contributed by atoms with Crippen molar-refractivity contribution in [2.24, 2.45) is 0 Å². The van der Waals surface area contributed by atoms with Crippen molar-refractivity contribution in [3.8, 4) is 17.2 Å². The molecule has 0 unspecified atom stereocenters. The molecule has 0 heterocycles. The van der Waals surface area contributed by atoms with Gasteiger partial charge in [-0.1, -0.05) is 264 Å². The number of unbranched alkanes of at least 4 members (excludes halogenated alkanes) is 15. The number of carbonyl (C=O) groups is 3. The van der Waals surface area contributed by atoms with E-state index in [1.165, 1.54) is 89.9 Å². The van der Waals surface area contributed by atoms with E-state index in [-0.39, 0.29) is 64.7 Å². The number of phenolic OH excluding ortho intramolecular Hbond substituents is 3. The number of rotatable bonds is 32. The van der Waals surface area contributed by atoms with Gasteiger partial charge in [0.25, 0.3) is 0 Å². The van der Waals surface area contributed by atoms with Gasteiger partial charge in [-0.15, -0.1) is 0 Å². The molecule has 0 aliphatic carbocycles. The predicted molar refractivity (Wildman–Crippen MR) is 353 cm³/mol. The molecule has 3 aromatic carbocycles. The molecule has 3 N–H and O–H groups in total. The van der Waals surface area contributed by atoms with Crippen molar-refractivity contribution in [1.29, 1.82) is 0 Å². The summed E-state index contributed by atoms with van der Waals surface area (Å²) in [7, 11) is 0. The summed E-state index contributed by atoms with van der Waals surface area (Å²) in [5.74, 6) is 1.71. The summed E-state index contributed by atoms with van der Waals surface area (Å²) in [5.41, 5.74) is 7.39. The molecule has 0 aliphatic heterocycles. The molecule has 3 rings (SSSR count). The standard InChI is InChI=1S/C38H58O6S.C35H62O3.H2/c1-35(2,3)27-21-25(22-28(33(27)41)36(4,5)6)13-15-31(39)43-17-19-45-20-18-44-32(40)16-14-26-23-29(37(7,8)9)34(42)30(24-26)38(10,11)12;1-8-9-10-11-12-13-14-15-16-17-18-19-20-21-22-23-26-38-32(36)25-24-29-27-30(34(2,3)4)33(37)31(28-29)35(5,6)7;/h21-24,41-42H,13-20H2,1-12H3;27-28,37H,8-26H2,1-7H3;1H. The van der Waals surface area contributed by atoms with Crippen LogP contribution in [-0.4, -0.2) is 64.6 Å². The maximum absolute atomic E-state index is 12.4. The molecular formula is C73H122O9S. The molecule has 0 atom stereocenters. The quantitative estimate of drug-likeness (QED) is 0.0314. The van der Waals surface area contributed by atoms with Gasteiger partial charge in [0, 0.05) is 32.2 Å². The number of thioether (sulfide) groups is 1. The molecule has 0 aromatic heterocycles. The van der Waals surface area contributed by atoms with Crippen molar-refractivity contribution in [3.05, 3.63) is 86.5 Å². The van der Waals surface area contributed by atoms with E-state index in [1.807, 2.05) is 24.3 Å². The minimum atomic E-state index is -0.247. The third kappa shape index (κ3) is 29.2. The van der Waals surface area contributed by atoms with Crippen molar-refractivity contribution in [1.82, 2.24) is 0 Å². The Hall–Kier alpha value is -4.18. The van der Waals surface area contributed by atoms with E-state index in [2.05, 4.69) is 144 Å². The fraction of sp³-hybridized carbons (Fsp3) is 0.712. The van der Waals surface area contributed by atoms with Crippen LogP contribution in [0, 0.1) is 0 Å². The lowest BCUT2D eigenvalue weighted by atomic mass is 9.78. The Morgan fingerprint density at radius 2 is 0.554 bits per heavy atom. The average Bonchev–Trinajstić information content (AvgIpc) is 2.21. The van der Waals surface area contributed by atoms with Crippen LogP contribution in [0.15, 0.2) is 36.4 Å². The van der Waals surface area contributed by atoms with Crippen LogP contribution >= 0.6 is 11.8 Å². The monoisotopic (exact) mass is 1170 g/mol. The van der Waals surface area contributed by atoms with Crippen LogP contribution in [0.2, 0.25) is 0 Å². The molecule has 0 saturated carbocycles. The molecule has 0 aliphatic rings. The average molecular weight is 1180 g/mol. The number of hydrogen-bond donors (Lipinski definition) is 3. The highest BCUT2D eigenvalue weighted by Gasteiger charge is 2.30. The smallest absolute Gasteiger partial charge is 0.306 e. The number of aromatic hydroxyl groups is 3. The van der Waals surface area contributed by atoms with Crippen LogP contribution in [-0.2, 0) is 80.3 Å². The largest absolute Gasteiger partial charge is 0.507 e. The Kier molecular flexibility index (Phi) is 32.0. The van der Waals surface area contributed by atoms with Crippen molar-refractivity contribution in [2.45, 2.75) is 305 Å². The van der Waals surface area contributed by atoms with Crippen LogP contribution < -0.4 is 0 Å². The maximum Gasteiger partial charge on any atom is 0.306 e. The highest BCUT2D eigenvalue weighted by molar-refractivity contribution is 7.99. The van der Waals surface area contributed by atoms with E-state index >= 15 is 0 Å².